The standard InChI is InChI=1S/C24H29F2N5.CH4/c1-31(2)23-20-5-3-4-6-22(20)29-24(30-23)28-19-10-7-16(8-11-19)14-27-15-17-13-18(25)9-12-21(17)26;/h3-6,9,12-13,16,19,27H,7-8,10-11,14-15H2,1-2H3,(H,28,29,30);1H4. The van der Waals surface area contributed by atoms with E-state index in [0.717, 1.165) is 55.0 Å². The first kappa shape index (κ1) is 23.9. The highest BCUT2D eigenvalue weighted by Gasteiger charge is 2.22. The highest BCUT2D eigenvalue weighted by Crippen LogP contribution is 2.28. The highest BCUT2D eigenvalue weighted by molar-refractivity contribution is 5.90. The largest absolute Gasteiger partial charge is 0.362 e. The topological polar surface area (TPSA) is 53.1 Å². The van der Waals surface area contributed by atoms with E-state index in [9.17, 15) is 8.78 Å². The van der Waals surface area contributed by atoms with E-state index in [1.165, 1.54) is 12.1 Å². The Bertz CT molecular complexity index is 1030. The van der Waals surface area contributed by atoms with Gasteiger partial charge in [0.05, 0.1) is 5.52 Å². The monoisotopic (exact) mass is 441 g/mol. The van der Waals surface area contributed by atoms with Crippen molar-refractivity contribution in [2.45, 2.75) is 45.7 Å². The number of rotatable bonds is 7. The third-order valence-corrected chi connectivity index (χ3v) is 5.94. The van der Waals surface area contributed by atoms with Gasteiger partial charge >= 0.3 is 0 Å². The van der Waals surface area contributed by atoms with Gasteiger partial charge in [-0.05, 0) is 68.5 Å². The minimum Gasteiger partial charge on any atom is -0.362 e. The molecule has 3 aromatic rings. The molecule has 0 radical (unpaired) electrons. The molecule has 7 heteroatoms. The Hall–Kier alpha value is -2.80. The summed E-state index contributed by atoms with van der Waals surface area (Å²) in [6, 6.07) is 12.0. The van der Waals surface area contributed by atoms with Crippen molar-refractivity contribution in [2.75, 3.05) is 30.9 Å². The van der Waals surface area contributed by atoms with Crippen LogP contribution in [0.1, 0.15) is 38.7 Å². The summed E-state index contributed by atoms with van der Waals surface area (Å²) in [5, 5.41) is 7.85. The van der Waals surface area contributed by atoms with Crippen LogP contribution in [0.25, 0.3) is 10.9 Å². The molecule has 0 amide bonds. The summed E-state index contributed by atoms with van der Waals surface area (Å²) in [6.07, 6.45) is 4.22. The SMILES string of the molecule is C.CN(C)c1nc(NC2CCC(CNCc3cc(F)ccc3F)CC2)nc2ccccc12. The van der Waals surface area contributed by atoms with Crippen molar-refractivity contribution >= 4 is 22.7 Å². The maximum Gasteiger partial charge on any atom is 0.225 e. The molecule has 0 atom stereocenters. The van der Waals surface area contributed by atoms with E-state index in [0.29, 0.717) is 30.0 Å². The summed E-state index contributed by atoms with van der Waals surface area (Å²) in [4.78, 5) is 11.5. The summed E-state index contributed by atoms with van der Waals surface area (Å²) in [5.74, 6) is 1.35. The van der Waals surface area contributed by atoms with Gasteiger partial charge < -0.3 is 15.5 Å². The second-order valence-corrected chi connectivity index (χ2v) is 8.51. The second-order valence-electron chi connectivity index (χ2n) is 8.51. The quantitative estimate of drug-likeness (QED) is 0.516. The van der Waals surface area contributed by atoms with E-state index in [4.69, 9.17) is 9.97 Å². The maximum atomic E-state index is 13.7. The smallest absolute Gasteiger partial charge is 0.225 e. The van der Waals surface area contributed by atoms with Crippen molar-refractivity contribution in [1.82, 2.24) is 15.3 Å². The molecule has 32 heavy (non-hydrogen) atoms. The normalized spacial score (nSPS) is 18.2. The van der Waals surface area contributed by atoms with Gasteiger partial charge in [-0.15, -0.1) is 0 Å². The summed E-state index contributed by atoms with van der Waals surface area (Å²) in [5.41, 5.74) is 1.31. The minimum absolute atomic E-state index is 0. The highest BCUT2D eigenvalue weighted by atomic mass is 19.1. The van der Waals surface area contributed by atoms with Gasteiger partial charge in [-0.2, -0.15) is 4.98 Å². The molecule has 4 rings (SSSR count). The van der Waals surface area contributed by atoms with Crippen molar-refractivity contribution in [3.63, 3.8) is 0 Å². The zero-order valence-corrected chi connectivity index (χ0v) is 18.0. The number of hydrogen-bond donors (Lipinski definition) is 2. The average Bonchev–Trinajstić information content (AvgIpc) is 2.76. The van der Waals surface area contributed by atoms with Gasteiger partial charge in [0.1, 0.15) is 17.5 Å². The summed E-state index contributed by atoms with van der Waals surface area (Å²) >= 11 is 0. The third kappa shape index (κ3) is 5.71. The Labute approximate surface area is 189 Å². The molecule has 1 aliphatic rings. The van der Waals surface area contributed by atoms with E-state index >= 15 is 0 Å². The molecule has 1 aromatic heterocycles. The van der Waals surface area contributed by atoms with Gasteiger partial charge in [-0.25, -0.2) is 13.8 Å². The van der Waals surface area contributed by atoms with Crippen LogP contribution >= 0.6 is 0 Å². The van der Waals surface area contributed by atoms with Gasteiger partial charge in [-0.3, -0.25) is 0 Å². The van der Waals surface area contributed by atoms with Crippen molar-refractivity contribution in [1.29, 1.82) is 0 Å². The van der Waals surface area contributed by atoms with Gasteiger partial charge in [0, 0.05) is 37.6 Å². The van der Waals surface area contributed by atoms with Gasteiger partial charge in [0.15, 0.2) is 0 Å². The summed E-state index contributed by atoms with van der Waals surface area (Å²) < 4.78 is 27.0. The first-order valence-electron chi connectivity index (χ1n) is 10.8. The molecule has 1 aliphatic carbocycles. The van der Waals surface area contributed by atoms with Crippen LogP contribution in [0.3, 0.4) is 0 Å². The van der Waals surface area contributed by atoms with Crippen LogP contribution in [-0.4, -0.2) is 36.6 Å². The minimum atomic E-state index is -0.405. The van der Waals surface area contributed by atoms with Crippen LogP contribution in [0.15, 0.2) is 42.5 Å². The Morgan fingerprint density at radius 2 is 1.75 bits per heavy atom. The fourth-order valence-corrected chi connectivity index (χ4v) is 4.25. The van der Waals surface area contributed by atoms with Gasteiger partial charge in [0.25, 0.3) is 0 Å². The number of hydrogen-bond acceptors (Lipinski definition) is 5. The van der Waals surface area contributed by atoms with Crippen LogP contribution in [0.2, 0.25) is 0 Å². The number of nitrogens with one attached hydrogen (secondary N) is 2. The van der Waals surface area contributed by atoms with Crippen LogP contribution in [0, 0.1) is 17.6 Å². The molecular weight excluding hydrogens is 408 g/mol. The maximum absolute atomic E-state index is 13.7. The molecule has 0 saturated heterocycles. The Morgan fingerprint density at radius 1 is 1.00 bits per heavy atom. The molecular formula is C25H33F2N5. The molecule has 0 unspecified atom stereocenters. The Morgan fingerprint density at radius 3 is 2.50 bits per heavy atom. The number of halogens is 2. The first-order chi connectivity index (χ1) is 15.0. The Kier molecular flexibility index (Phi) is 7.96. The second kappa shape index (κ2) is 10.7. The lowest BCUT2D eigenvalue weighted by molar-refractivity contribution is 0.323. The number of fused-ring (bicyclic) bond motifs is 1. The Balaban J connectivity index is 0.00000289. The van der Waals surface area contributed by atoms with Crippen molar-refractivity contribution in [3.8, 4) is 0 Å². The molecule has 2 N–H and O–H groups in total. The predicted molar refractivity (Wildman–Crippen MR) is 128 cm³/mol. The fourth-order valence-electron chi connectivity index (χ4n) is 4.25. The molecule has 172 valence electrons. The number of anilines is 2. The summed E-state index contributed by atoms with van der Waals surface area (Å²) in [6.45, 7) is 1.15. The van der Waals surface area contributed by atoms with Crippen molar-refractivity contribution < 1.29 is 8.78 Å². The number of para-hydroxylation sites is 1. The molecule has 1 fully saturated rings. The predicted octanol–water partition coefficient (Wildman–Crippen LogP) is 5.37. The molecule has 0 spiro atoms. The van der Waals surface area contributed by atoms with Gasteiger partial charge in [-0.1, -0.05) is 19.6 Å². The summed E-state index contributed by atoms with van der Waals surface area (Å²) in [7, 11) is 3.99. The lowest BCUT2D eigenvalue weighted by Gasteiger charge is -2.29. The molecule has 1 saturated carbocycles. The molecule has 1 heterocycles. The zero-order chi connectivity index (χ0) is 21.8. The number of nitrogens with zero attached hydrogens (tertiary/aromatic N) is 3. The lowest BCUT2D eigenvalue weighted by atomic mass is 9.86. The van der Waals surface area contributed by atoms with Crippen molar-refractivity contribution in [2.24, 2.45) is 5.92 Å². The average molecular weight is 442 g/mol. The van der Waals surface area contributed by atoms with Crippen LogP contribution in [0.5, 0.6) is 0 Å². The van der Waals surface area contributed by atoms with Crippen molar-refractivity contribution in [3.05, 3.63) is 59.7 Å². The van der Waals surface area contributed by atoms with Crippen LogP contribution < -0.4 is 15.5 Å². The zero-order valence-electron chi connectivity index (χ0n) is 18.0. The van der Waals surface area contributed by atoms with E-state index in [-0.39, 0.29) is 13.2 Å². The van der Waals surface area contributed by atoms with E-state index in [1.807, 2.05) is 43.3 Å². The van der Waals surface area contributed by atoms with Gasteiger partial charge in [0.2, 0.25) is 5.95 Å². The molecule has 0 bridgehead atoms. The fraction of sp³-hybridized carbons (Fsp3) is 0.440. The van der Waals surface area contributed by atoms with E-state index in [2.05, 4.69) is 10.6 Å². The van der Waals surface area contributed by atoms with E-state index < -0.39 is 5.82 Å². The third-order valence-electron chi connectivity index (χ3n) is 5.94. The lowest BCUT2D eigenvalue weighted by Crippen LogP contribution is -2.31. The van der Waals surface area contributed by atoms with Crippen LogP contribution in [0.4, 0.5) is 20.5 Å². The van der Waals surface area contributed by atoms with E-state index in [1.54, 1.807) is 0 Å². The van der Waals surface area contributed by atoms with Crippen LogP contribution in [-0.2, 0) is 6.54 Å². The molecule has 2 aromatic carbocycles. The molecule has 0 aliphatic heterocycles. The first-order valence-corrected chi connectivity index (χ1v) is 10.8. The molecule has 5 nitrogen and oxygen atoms in total. The number of benzene rings is 2. The number of aromatic nitrogens is 2.